The van der Waals surface area contributed by atoms with Crippen LogP contribution in [0.15, 0.2) is 41.0 Å². The standard InChI is InChI=1S/C30H40N10O4/c1-43-23-13-11-21(12-14-23)17-20-33-29-35-28(36-30(37-29)34-22-9-5-4-6-10-22)32-19-8-3-2-7-18-31-24-15-16-25(40(41)42)27-26(24)38-44-39-27/h11-16,22,31H,2-10,17-20H2,1H3,(H3,32,33,34,35,36,37). The maximum Gasteiger partial charge on any atom is 0.300 e. The van der Waals surface area contributed by atoms with Crippen LogP contribution in [0.25, 0.3) is 11.0 Å². The largest absolute Gasteiger partial charge is 0.497 e. The van der Waals surface area contributed by atoms with E-state index in [4.69, 9.17) is 9.37 Å². The second-order valence-electron chi connectivity index (χ2n) is 10.9. The molecule has 5 rings (SSSR count). The van der Waals surface area contributed by atoms with Gasteiger partial charge in [-0.2, -0.15) is 15.0 Å². The van der Waals surface area contributed by atoms with Crippen molar-refractivity contribution in [2.45, 2.75) is 70.3 Å². The summed E-state index contributed by atoms with van der Waals surface area (Å²) in [5, 5.41) is 32.2. The Morgan fingerprint density at radius 2 is 1.48 bits per heavy atom. The lowest BCUT2D eigenvalue weighted by Gasteiger charge is -2.23. The molecule has 0 radical (unpaired) electrons. The van der Waals surface area contributed by atoms with Gasteiger partial charge in [-0.3, -0.25) is 10.1 Å². The zero-order valence-electron chi connectivity index (χ0n) is 25.1. The summed E-state index contributed by atoms with van der Waals surface area (Å²) in [5.74, 6) is 2.58. The average Bonchev–Trinajstić information content (AvgIpc) is 3.53. The number of aromatic nitrogens is 5. The molecule has 14 heteroatoms. The van der Waals surface area contributed by atoms with Gasteiger partial charge < -0.3 is 26.0 Å². The number of nitrogens with zero attached hydrogens (tertiary/aromatic N) is 6. The first-order valence-corrected chi connectivity index (χ1v) is 15.4. The summed E-state index contributed by atoms with van der Waals surface area (Å²) in [6, 6.07) is 11.5. The predicted molar refractivity (Wildman–Crippen MR) is 169 cm³/mol. The fourth-order valence-corrected chi connectivity index (χ4v) is 5.31. The molecule has 0 atom stereocenters. The number of rotatable bonds is 17. The monoisotopic (exact) mass is 604 g/mol. The van der Waals surface area contributed by atoms with Crippen molar-refractivity contribution in [3.8, 4) is 5.75 Å². The molecule has 4 aromatic rings. The summed E-state index contributed by atoms with van der Waals surface area (Å²) in [5.41, 5.74) is 2.28. The third kappa shape index (κ3) is 8.64. The van der Waals surface area contributed by atoms with Gasteiger partial charge >= 0.3 is 5.69 Å². The number of unbranched alkanes of at least 4 members (excludes halogenated alkanes) is 3. The fraction of sp³-hybridized carbons (Fsp3) is 0.500. The van der Waals surface area contributed by atoms with E-state index >= 15 is 0 Å². The van der Waals surface area contributed by atoms with Crippen molar-refractivity contribution in [1.82, 2.24) is 25.3 Å². The molecule has 1 aliphatic carbocycles. The molecule has 234 valence electrons. The molecule has 44 heavy (non-hydrogen) atoms. The Bertz CT molecular complexity index is 1490. The SMILES string of the molecule is COc1ccc(CCNc2nc(NCCCCCCNc3ccc([N+](=O)[O-])c4nonc34)nc(NC3CCCCC3)n2)cc1. The minimum atomic E-state index is -0.489. The van der Waals surface area contributed by atoms with Crippen molar-refractivity contribution in [3.05, 3.63) is 52.1 Å². The number of non-ortho nitro benzene ring substituents is 1. The number of anilines is 4. The van der Waals surface area contributed by atoms with E-state index in [0.29, 0.717) is 48.2 Å². The molecule has 0 aliphatic heterocycles. The van der Waals surface area contributed by atoms with E-state index in [0.717, 1.165) is 57.2 Å². The number of nitro groups is 1. The van der Waals surface area contributed by atoms with E-state index < -0.39 is 4.92 Å². The van der Waals surface area contributed by atoms with Gasteiger partial charge in [0.2, 0.25) is 23.4 Å². The molecule has 2 heterocycles. The van der Waals surface area contributed by atoms with Gasteiger partial charge in [-0.15, -0.1) is 0 Å². The molecular weight excluding hydrogens is 564 g/mol. The molecule has 1 fully saturated rings. The van der Waals surface area contributed by atoms with E-state index in [2.05, 4.69) is 58.7 Å². The maximum absolute atomic E-state index is 11.2. The number of hydrogen-bond acceptors (Lipinski definition) is 13. The van der Waals surface area contributed by atoms with Crippen LogP contribution in [0.1, 0.15) is 63.4 Å². The first kappa shape index (κ1) is 30.7. The van der Waals surface area contributed by atoms with Crippen molar-refractivity contribution in [1.29, 1.82) is 0 Å². The molecule has 2 aromatic carbocycles. The van der Waals surface area contributed by atoms with Crippen LogP contribution in [0.2, 0.25) is 0 Å². The molecule has 2 aromatic heterocycles. The number of nitrogens with one attached hydrogen (secondary N) is 4. The summed E-state index contributed by atoms with van der Waals surface area (Å²) in [6.07, 6.45) is 10.8. The zero-order valence-corrected chi connectivity index (χ0v) is 25.1. The highest BCUT2D eigenvalue weighted by molar-refractivity contribution is 5.93. The van der Waals surface area contributed by atoms with E-state index in [-0.39, 0.29) is 11.2 Å². The van der Waals surface area contributed by atoms with Crippen LogP contribution in [0, 0.1) is 10.1 Å². The zero-order chi connectivity index (χ0) is 30.6. The highest BCUT2D eigenvalue weighted by atomic mass is 16.6. The molecule has 0 amide bonds. The Balaban J connectivity index is 1.07. The Hall–Kier alpha value is -4.75. The third-order valence-corrected chi connectivity index (χ3v) is 7.72. The summed E-state index contributed by atoms with van der Waals surface area (Å²) in [6.45, 7) is 2.16. The highest BCUT2D eigenvalue weighted by Gasteiger charge is 2.19. The number of fused-ring (bicyclic) bond motifs is 1. The summed E-state index contributed by atoms with van der Waals surface area (Å²) < 4.78 is 9.97. The van der Waals surface area contributed by atoms with Gasteiger partial charge in [0.05, 0.1) is 17.7 Å². The number of hydrogen-bond donors (Lipinski definition) is 4. The van der Waals surface area contributed by atoms with Gasteiger partial charge in [0.1, 0.15) is 5.75 Å². The second kappa shape index (κ2) is 15.6. The molecule has 0 saturated heterocycles. The van der Waals surface area contributed by atoms with Gasteiger partial charge in [-0.1, -0.05) is 44.2 Å². The van der Waals surface area contributed by atoms with Crippen molar-refractivity contribution in [3.63, 3.8) is 0 Å². The second-order valence-corrected chi connectivity index (χ2v) is 10.9. The van der Waals surface area contributed by atoms with Gasteiger partial charge in [0.25, 0.3) is 0 Å². The van der Waals surface area contributed by atoms with Crippen LogP contribution in [-0.2, 0) is 6.42 Å². The number of benzene rings is 2. The lowest BCUT2D eigenvalue weighted by Crippen LogP contribution is -2.24. The van der Waals surface area contributed by atoms with Crippen LogP contribution in [-0.4, -0.2) is 63.0 Å². The third-order valence-electron chi connectivity index (χ3n) is 7.72. The first-order chi connectivity index (χ1) is 21.6. The van der Waals surface area contributed by atoms with Crippen LogP contribution >= 0.6 is 0 Å². The lowest BCUT2D eigenvalue weighted by molar-refractivity contribution is -0.383. The maximum atomic E-state index is 11.2. The highest BCUT2D eigenvalue weighted by Crippen LogP contribution is 2.28. The van der Waals surface area contributed by atoms with Crippen molar-refractivity contribution in [2.75, 3.05) is 48.0 Å². The quantitative estimate of drug-likeness (QED) is 0.0645. The summed E-state index contributed by atoms with van der Waals surface area (Å²) in [7, 11) is 1.67. The van der Waals surface area contributed by atoms with E-state index in [1.807, 2.05) is 12.1 Å². The van der Waals surface area contributed by atoms with E-state index in [1.54, 1.807) is 13.2 Å². The first-order valence-electron chi connectivity index (χ1n) is 15.4. The van der Waals surface area contributed by atoms with Crippen molar-refractivity contribution in [2.24, 2.45) is 0 Å². The van der Waals surface area contributed by atoms with Crippen molar-refractivity contribution < 1.29 is 14.3 Å². The molecule has 1 aliphatic rings. The van der Waals surface area contributed by atoms with Crippen molar-refractivity contribution >= 4 is 40.3 Å². The molecule has 14 nitrogen and oxygen atoms in total. The topological polar surface area (TPSA) is 178 Å². The lowest BCUT2D eigenvalue weighted by atomic mass is 9.96. The number of ether oxygens (including phenoxy) is 1. The van der Waals surface area contributed by atoms with Gasteiger partial charge in [-0.05, 0) is 66.2 Å². The van der Waals surface area contributed by atoms with Crippen LogP contribution < -0.4 is 26.0 Å². The Labute approximate surface area is 255 Å². The Morgan fingerprint density at radius 1 is 0.818 bits per heavy atom. The predicted octanol–water partition coefficient (Wildman–Crippen LogP) is 5.81. The number of nitro benzene ring substituents is 1. The minimum absolute atomic E-state index is 0.120. The smallest absolute Gasteiger partial charge is 0.300 e. The van der Waals surface area contributed by atoms with Gasteiger partial charge in [0, 0.05) is 31.7 Å². The molecule has 4 N–H and O–H groups in total. The molecule has 0 bridgehead atoms. The van der Waals surface area contributed by atoms with Gasteiger partial charge in [-0.25, -0.2) is 4.63 Å². The molecule has 1 saturated carbocycles. The molecule has 0 unspecified atom stereocenters. The Morgan fingerprint density at radius 3 is 2.18 bits per heavy atom. The molecule has 0 spiro atoms. The van der Waals surface area contributed by atoms with E-state index in [9.17, 15) is 10.1 Å². The summed E-state index contributed by atoms with van der Waals surface area (Å²) >= 11 is 0. The van der Waals surface area contributed by atoms with E-state index in [1.165, 1.54) is 30.9 Å². The average molecular weight is 605 g/mol. The van der Waals surface area contributed by atoms with Gasteiger partial charge in [0.15, 0.2) is 5.52 Å². The molecular formula is C30H40N10O4. The van der Waals surface area contributed by atoms with Crippen LogP contribution in [0.5, 0.6) is 5.75 Å². The fourth-order valence-electron chi connectivity index (χ4n) is 5.31. The Kier molecular flexibility index (Phi) is 10.9. The minimum Gasteiger partial charge on any atom is -0.497 e. The van der Waals surface area contributed by atoms with Crippen LogP contribution in [0.3, 0.4) is 0 Å². The normalized spacial score (nSPS) is 13.5. The summed E-state index contributed by atoms with van der Waals surface area (Å²) in [4.78, 5) is 24.6. The number of methoxy groups -OCH3 is 1. The van der Waals surface area contributed by atoms with Crippen LogP contribution in [0.4, 0.5) is 29.2 Å².